The molecule has 0 aromatic heterocycles. The van der Waals surface area contributed by atoms with Gasteiger partial charge in [0.2, 0.25) is 11.6 Å². The molecule has 0 saturated heterocycles. The third kappa shape index (κ3) is 1.24. The first-order chi connectivity index (χ1) is 6.27. The lowest BCUT2D eigenvalue weighted by molar-refractivity contribution is -0.129. The molecule has 0 radical (unpaired) electrons. The Morgan fingerprint density at radius 2 is 2.08 bits per heavy atom. The number of hydrogen-bond donors (Lipinski definition) is 1. The zero-order valence-electron chi connectivity index (χ0n) is 6.12. The quantitative estimate of drug-likeness (QED) is 0.632. The summed E-state index contributed by atoms with van der Waals surface area (Å²) in [4.78, 5) is 17.6. The van der Waals surface area contributed by atoms with Gasteiger partial charge in [0.15, 0.2) is 0 Å². The molecule has 2 rings (SSSR count). The predicted octanol–water partition coefficient (Wildman–Crippen LogP) is 0.556. The van der Waals surface area contributed by atoms with Crippen molar-refractivity contribution in [2.75, 3.05) is 0 Å². The number of azo groups is 2. The number of aliphatic carboxylic acids is 1. The van der Waals surface area contributed by atoms with E-state index in [0.29, 0.717) is 0 Å². The summed E-state index contributed by atoms with van der Waals surface area (Å²) in [5, 5.41) is 22.2. The maximum absolute atomic E-state index is 10.4. The number of carbonyl (C=O) groups is 1. The molecule has 0 saturated carbocycles. The van der Waals surface area contributed by atoms with E-state index in [1.807, 2.05) is 0 Å². The van der Waals surface area contributed by atoms with Crippen LogP contribution in [0.4, 0.5) is 0 Å². The molecule has 8 heteroatoms. The number of rotatable bonds is 1. The number of hydrogen-bond acceptors (Lipinski definition) is 7. The van der Waals surface area contributed by atoms with Gasteiger partial charge in [0.05, 0.1) is 0 Å². The molecule has 1 N–H and O–H groups in total. The highest BCUT2D eigenvalue weighted by atomic mass is 16.4. The van der Waals surface area contributed by atoms with Crippen LogP contribution < -0.4 is 0 Å². The van der Waals surface area contributed by atoms with E-state index in [0.717, 1.165) is 0 Å². The summed E-state index contributed by atoms with van der Waals surface area (Å²) in [5.74, 6) is -1.38. The van der Waals surface area contributed by atoms with Gasteiger partial charge in [0.1, 0.15) is 6.34 Å². The van der Waals surface area contributed by atoms with E-state index in [2.05, 4.69) is 30.4 Å². The number of carboxylic acids is 1. The Balaban J connectivity index is 2.38. The largest absolute Gasteiger partial charge is 0.475 e. The maximum Gasteiger partial charge on any atom is 0.375 e. The Hall–Kier alpha value is -2.25. The second kappa shape index (κ2) is 2.66. The van der Waals surface area contributed by atoms with E-state index < -0.39 is 5.97 Å². The smallest absolute Gasteiger partial charge is 0.375 e. The first-order valence-electron chi connectivity index (χ1n) is 3.19. The molecule has 0 unspecified atom stereocenters. The van der Waals surface area contributed by atoms with Gasteiger partial charge in [-0.05, 0) is 0 Å². The summed E-state index contributed by atoms with van der Waals surface area (Å²) < 4.78 is 0. The molecule has 0 amide bonds. The van der Waals surface area contributed by atoms with Gasteiger partial charge in [-0.3, -0.25) is 0 Å². The predicted molar refractivity (Wildman–Crippen MR) is 40.3 cm³/mol. The second-order valence-electron chi connectivity index (χ2n) is 2.05. The molecular weight excluding hydrogens is 176 g/mol. The van der Waals surface area contributed by atoms with E-state index in [1.54, 1.807) is 0 Å². The van der Waals surface area contributed by atoms with E-state index in [1.165, 1.54) is 6.34 Å². The van der Waals surface area contributed by atoms with Crippen molar-refractivity contribution >= 4 is 18.1 Å². The molecular formula is C5H2N6O2. The topological polar surface area (TPSA) is 111 Å². The fourth-order valence-electron chi connectivity index (χ4n) is 0.714. The molecule has 2 heterocycles. The average Bonchev–Trinajstić information content (AvgIpc) is 2.75. The first-order valence-corrected chi connectivity index (χ1v) is 3.19. The van der Waals surface area contributed by atoms with Crippen molar-refractivity contribution in [3.8, 4) is 0 Å². The van der Waals surface area contributed by atoms with E-state index in [-0.39, 0.29) is 17.5 Å². The average molecular weight is 178 g/mol. The van der Waals surface area contributed by atoms with Crippen LogP contribution >= 0.6 is 0 Å². The first kappa shape index (κ1) is 7.40. The van der Waals surface area contributed by atoms with E-state index in [4.69, 9.17) is 5.11 Å². The molecule has 0 atom stereocenters. The van der Waals surface area contributed by atoms with Crippen LogP contribution in [0, 0.1) is 0 Å². The Bertz CT molecular complexity index is 401. The lowest BCUT2D eigenvalue weighted by Crippen LogP contribution is -2.06. The van der Waals surface area contributed by atoms with Crippen LogP contribution in [-0.4, -0.2) is 23.2 Å². The molecule has 2 aliphatic rings. The fraction of sp³-hybridized carbons (Fsp3) is 0. The SMILES string of the molecule is O=C(O)C1=N/C(=C2\N=CN=N2)N=N1. The normalized spacial score (nSPS) is 24.2. The van der Waals surface area contributed by atoms with Crippen LogP contribution in [0.25, 0.3) is 0 Å². The third-order valence-corrected chi connectivity index (χ3v) is 1.23. The maximum atomic E-state index is 10.4. The van der Waals surface area contributed by atoms with Crippen molar-refractivity contribution < 1.29 is 9.90 Å². The third-order valence-electron chi connectivity index (χ3n) is 1.23. The summed E-state index contributed by atoms with van der Waals surface area (Å²) in [6.07, 6.45) is 1.21. The highest BCUT2D eigenvalue weighted by Crippen LogP contribution is 2.18. The van der Waals surface area contributed by atoms with Gasteiger partial charge in [0, 0.05) is 0 Å². The van der Waals surface area contributed by atoms with Gasteiger partial charge in [-0.25, -0.2) is 9.79 Å². The summed E-state index contributed by atoms with van der Waals surface area (Å²) in [7, 11) is 0. The van der Waals surface area contributed by atoms with Crippen molar-refractivity contribution in [1.82, 2.24) is 0 Å². The Labute approximate surface area is 71.1 Å². The fourth-order valence-corrected chi connectivity index (χ4v) is 0.714. The molecule has 0 aromatic rings. The van der Waals surface area contributed by atoms with Crippen molar-refractivity contribution in [3.05, 3.63) is 11.6 Å². The van der Waals surface area contributed by atoms with Gasteiger partial charge in [-0.15, -0.1) is 20.5 Å². The lowest BCUT2D eigenvalue weighted by Gasteiger charge is -1.84. The molecule has 0 bridgehead atoms. The summed E-state index contributed by atoms with van der Waals surface area (Å²) in [6, 6.07) is 0. The number of nitrogens with zero attached hydrogens (tertiary/aromatic N) is 6. The highest BCUT2D eigenvalue weighted by Gasteiger charge is 2.18. The zero-order chi connectivity index (χ0) is 9.26. The van der Waals surface area contributed by atoms with Crippen LogP contribution in [0.5, 0.6) is 0 Å². The minimum absolute atomic E-state index is 0.0647. The minimum Gasteiger partial charge on any atom is -0.475 e. The van der Waals surface area contributed by atoms with Crippen LogP contribution in [0.1, 0.15) is 0 Å². The van der Waals surface area contributed by atoms with Crippen LogP contribution in [0.2, 0.25) is 0 Å². The van der Waals surface area contributed by atoms with Gasteiger partial charge < -0.3 is 5.11 Å². The number of amidine groups is 1. The van der Waals surface area contributed by atoms with Crippen molar-refractivity contribution in [2.24, 2.45) is 30.4 Å². The van der Waals surface area contributed by atoms with Gasteiger partial charge in [-0.1, -0.05) is 0 Å². The molecule has 2 aliphatic heterocycles. The molecule has 13 heavy (non-hydrogen) atoms. The highest BCUT2D eigenvalue weighted by molar-refractivity contribution is 6.35. The molecule has 0 aromatic carbocycles. The monoisotopic (exact) mass is 178 g/mol. The lowest BCUT2D eigenvalue weighted by atomic mass is 10.6. The zero-order valence-corrected chi connectivity index (χ0v) is 6.12. The van der Waals surface area contributed by atoms with E-state index in [9.17, 15) is 4.79 Å². The summed E-state index contributed by atoms with van der Waals surface area (Å²) in [5.41, 5.74) is 0. The molecule has 0 aliphatic carbocycles. The summed E-state index contributed by atoms with van der Waals surface area (Å²) in [6.45, 7) is 0. The standard InChI is InChI=1S/C5H2N6O2/c12-5(13)4-8-3(10-11-4)2-6-1-7-9-2/h1H,(H,12,13)/b3-2-. The van der Waals surface area contributed by atoms with Gasteiger partial charge in [0.25, 0.3) is 5.84 Å². The summed E-state index contributed by atoms with van der Waals surface area (Å²) >= 11 is 0. The van der Waals surface area contributed by atoms with Crippen LogP contribution in [0.3, 0.4) is 0 Å². The Morgan fingerprint density at radius 1 is 1.23 bits per heavy atom. The van der Waals surface area contributed by atoms with Crippen LogP contribution in [0.15, 0.2) is 42.1 Å². The molecule has 0 spiro atoms. The molecule has 0 fully saturated rings. The minimum atomic E-state index is -1.24. The van der Waals surface area contributed by atoms with Gasteiger partial charge >= 0.3 is 5.97 Å². The van der Waals surface area contributed by atoms with Crippen molar-refractivity contribution in [3.63, 3.8) is 0 Å². The molecule has 8 nitrogen and oxygen atoms in total. The van der Waals surface area contributed by atoms with Gasteiger partial charge in [-0.2, -0.15) is 4.99 Å². The molecule has 64 valence electrons. The second-order valence-corrected chi connectivity index (χ2v) is 2.05. The Morgan fingerprint density at radius 3 is 2.62 bits per heavy atom. The number of aliphatic imine (C=N–C) groups is 2. The van der Waals surface area contributed by atoms with Crippen molar-refractivity contribution in [1.29, 1.82) is 0 Å². The Kier molecular flexibility index (Phi) is 1.51. The van der Waals surface area contributed by atoms with E-state index >= 15 is 0 Å². The van der Waals surface area contributed by atoms with Crippen LogP contribution in [-0.2, 0) is 4.79 Å². The van der Waals surface area contributed by atoms with Crippen molar-refractivity contribution in [2.45, 2.75) is 0 Å². The number of carboxylic acid groups (broad SMARTS) is 1.